The van der Waals surface area contributed by atoms with Gasteiger partial charge in [-0.2, -0.15) is 0 Å². The lowest BCUT2D eigenvalue weighted by molar-refractivity contribution is -0.160. The number of aromatic hydroxyl groups is 2. The first-order chi connectivity index (χ1) is 36.8. The summed E-state index contributed by atoms with van der Waals surface area (Å²) in [6.45, 7) is 7.35. The molecule has 2 aromatic carbocycles. The Morgan fingerprint density at radius 3 is 1.26 bits per heavy atom. The molecule has 0 saturated carbocycles. The van der Waals surface area contributed by atoms with Gasteiger partial charge in [0.1, 0.15) is 73.0 Å². The topological polar surface area (TPSA) is 316 Å². The first-order valence-electron chi connectivity index (χ1n) is 25.3. The van der Waals surface area contributed by atoms with Crippen molar-refractivity contribution in [1.29, 1.82) is 0 Å². The minimum absolute atomic E-state index is 0.252. The van der Waals surface area contributed by atoms with Crippen molar-refractivity contribution in [3.63, 3.8) is 0 Å². The van der Waals surface area contributed by atoms with Crippen LogP contribution in [0.3, 0.4) is 0 Å². The van der Waals surface area contributed by atoms with Crippen LogP contribution in [0, 0.1) is 11.8 Å². The van der Waals surface area contributed by atoms with E-state index in [9.17, 15) is 58.2 Å². The number of nitrogens with zero attached hydrogens (tertiary/aromatic N) is 6. The fourth-order valence-electron chi connectivity index (χ4n) is 9.33. The van der Waals surface area contributed by atoms with Gasteiger partial charge in [-0.15, -0.1) is 0 Å². The number of fused-ring (bicyclic) bond motifs is 6. The summed E-state index contributed by atoms with van der Waals surface area (Å²) in [5, 5.41) is 32.6. The van der Waals surface area contributed by atoms with E-state index in [-0.39, 0.29) is 12.8 Å². The van der Waals surface area contributed by atoms with Gasteiger partial charge in [-0.3, -0.25) is 38.4 Å². The van der Waals surface area contributed by atoms with Gasteiger partial charge in [0.25, 0.3) is 11.8 Å². The van der Waals surface area contributed by atoms with Crippen LogP contribution in [0.5, 0.6) is 11.5 Å². The van der Waals surface area contributed by atoms with Crippen molar-refractivity contribution in [2.75, 3.05) is 41.4 Å². The van der Waals surface area contributed by atoms with Gasteiger partial charge in [0.2, 0.25) is 35.4 Å². The van der Waals surface area contributed by atoms with Crippen LogP contribution < -0.4 is 21.3 Å². The second-order valence-corrected chi connectivity index (χ2v) is 20.0. The lowest BCUT2D eigenvalue weighted by atomic mass is 9.99. The molecule has 8 atom stereocenters. The molecular weight excluding hydrogens is 1010 g/mol. The normalized spacial score (nSPS) is 24.2. The minimum atomic E-state index is -1.76. The van der Waals surface area contributed by atoms with Crippen LogP contribution in [0.2, 0.25) is 0 Å². The fraction of sp³-hybridized carbons (Fsp3) is 0.444. The number of amides is 8. The second kappa shape index (κ2) is 25.0. The molecule has 24 heteroatoms. The number of ether oxygens (including phenoxy) is 2. The van der Waals surface area contributed by atoms with Gasteiger partial charge in [-0.05, 0) is 62.8 Å². The number of esters is 2. The van der Waals surface area contributed by atoms with Gasteiger partial charge < -0.3 is 60.6 Å². The maximum Gasteiger partial charge on any atom is 0.329 e. The predicted molar refractivity (Wildman–Crippen MR) is 281 cm³/mol. The largest absolute Gasteiger partial charge is 0.505 e. The third-order valence-corrected chi connectivity index (χ3v) is 13.7. The molecule has 2 aliphatic rings. The Balaban J connectivity index is 1.41. The van der Waals surface area contributed by atoms with Crippen molar-refractivity contribution in [3.05, 3.63) is 84.2 Å². The van der Waals surface area contributed by atoms with E-state index in [1.807, 2.05) is 0 Å². The van der Waals surface area contributed by atoms with Crippen LogP contribution in [-0.4, -0.2) is 189 Å². The van der Waals surface area contributed by atoms with Crippen LogP contribution >= 0.6 is 0 Å². The number of hydrogen-bond donors (Lipinski definition) is 6. The average molecular weight is 1080 g/mol. The zero-order valence-electron chi connectivity index (χ0n) is 45.0. The Labute approximate surface area is 449 Å². The van der Waals surface area contributed by atoms with Crippen LogP contribution in [-0.2, 0) is 47.8 Å². The van der Waals surface area contributed by atoms with Gasteiger partial charge >= 0.3 is 11.9 Å². The maximum atomic E-state index is 14.8. The number of para-hydroxylation sites is 2. The molecule has 0 saturated heterocycles. The summed E-state index contributed by atoms with van der Waals surface area (Å²) in [5.74, 6) is -11.9. The first-order valence-corrected chi connectivity index (χ1v) is 25.3. The standard InChI is InChI=1S/C54H66N10O14/c1-27(2)43-53(75)77-25-35(59-47(69)41-39(65)23-31-17-11-13-19-33(31)57-41)45(67)55-30(6)50(72)62(8)38-22-16-15-21-37(51(73)63(43)9)61(7)49(71)29(5)56-46(68)36(26-78-54(76)44(28(3)4)64(10)52(38)74)60-48(70)42-40(66)24-32-18-12-14-20-34(32)58-42/h11-20,23-24,27-30,35-38,43-44,65-66H,21-22,25-26H2,1-10H3,(H,55,67)(H,56,68)(H,59,69)(H,60,70)/t29-,30-,35+,36+,37-,38-,43-,44-/m0/s1. The van der Waals surface area contributed by atoms with E-state index >= 15 is 0 Å². The van der Waals surface area contributed by atoms with Gasteiger partial charge in [0.05, 0.1) is 11.0 Å². The molecule has 6 N–H and O–H groups in total. The average Bonchev–Trinajstić information content (AvgIpc) is 3.39. The van der Waals surface area contributed by atoms with Crippen LogP contribution in [0.25, 0.3) is 21.8 Å². The molecule has 0 radical (unpaired) electrons. The highest BCUT2D eigenvalue weighted by molar-refractivity contribution is 6.03. The molecular formula is C54H66N10O14. The second-order valence-electron chi connectivity index (χ2n) is 20.0. The number of aromatic nitrogens is 2. The smallest absolute Gasteiger partial charge is 0.329 e. The van der Waals surface area contributed by atoms with E-state index in [1.165, 1.54) is 66.3 Å². The number of rotatable bonds is 6. The molecule has 78 heavy (non-hydrogen) atoms. The number of pyridine rings is 2. The zero-order chi connectivity index (χ0) is 57.4. The van der Waals surface area contributed by atoms with Gasteiger partial charge in [-0.25, -0.2) is 19.6 Å². The minimum Gasteiger partial charge on any atom is -0.505 e. The van der Waals surface area contributed by atoms with E-state index in [2.05, 4.69) is 31.2 Å². The summed E-state index contributed by atoms with van der Waals surface area (Å²) in [7, 11) is 5.18. The third-order valence-electron chi connectivity index (χ3n) is 13.7. The van der Waals surface area contributed by atoms with E-state index in [0.29, 0.717) is 21.8 Å². The highest BCUT2D eigenvalue weighted by Gasteiger charge is 2.42. The van der Waals surface area contributed by atoms with Crippen molar-refractivity contribution in [2.45, 2.75) is 103 Å². The molecule has 0 fully saturated rings. The van der Waals surface area contributed by atoms with E-state index in [1.54, 1.807) is 76.2 Å². The fourth-order valence-corrected chi connectivity index (χ4v) is 9.33. The highest BCUT2D eigenvalue weighted by atomic mass is 16.5. The summed E-state index contributed by atoms with van der Waals surface area (Å²) in [4.78, 5) is 156. The van der Waals surface area contributed by atoms with Crippen molar-refractivity contribution in [1.82, 2.24) is 50.8 Å². The Morgan fingerprint density at radius 1 is 0.564 bits per heavy atom. The van der Waals surface area contributed by atoms with Crippen LogP contribution in [0.1, 0.15) is 75.4 Å². The summed E-state index contributed by atoms with van der Waals surface area (Å²) in [6, 6.07) is 3.83. The summed E-state index contributed by atoms with van der Waals surface area (Å²) >= 11 is 0. The molecule has 0 spiro atoms. The number of carbonyl (C=O) groups excluding carboxylic acids is 10. The van der Waals surface area contributed by atoms with Crippen LogP contribution in [0.15, 0.2) is 72.8 Å². The van der Waals surface area contributed by atoms with Crippen molar-refractivity contribution in [2.24, 2.45) is 11.8 Å². The molecule has 24 nitrogen and oxygen atoms in total. The number of nitrogens with one attached hydrogen (secondary N) is 4. The Kier molecular flexibility index (Phi) is 18.7. The SMILES string of the molecule is CC(C)[C@H]1C(=O)OC[C@@H](NC(=O)c2nc3ccccc3cc2O)C(=O)N[C@@H](C)C(=O)N(C)[C@H]2CC=CC[C@@H](C(=O)N1C)N(C)C(=O)[C@H](C)NC(=O)[C@H](NC(=O)c1nc3ccccc3cc1O)COC(=O)[C@H](C(C)C)N(C)C2=O. The van der Waals surface area contributed by atoms with Gasteiger partial charge in [-0.1, -0.05) is 76.2 Å². The Morgan fingerprint density at radius 2 is 0.910 bits per heavy atom. The Hall–Kier alpha value is -8.70. The molecule has 0 aliphatic carbocycles. The molecule has 8 amide bonds. The van der Waals surface area contributed by atoms with Gasteiger partial charge in [0, 0.05) is 39.0 Å². The summed E-state index contributed by atoms with van der Waals surface area (Å²) < 4.78 is 11.4. The number of likely N-dealkylation sites (N-methyl/N-ethyl adjacent to an activating group) is 4. The van der Waals surface area contributed by atoms with E-state index in [0.717, 1.165) is 19.6 Å². The summed E-state index contributed by atoms with van der Waals surface area (Å²) in [5.41, 5.74) is -0.290. The van der Waals surface area contributed by atoms with Crippen molar-refractivity contribution >= 4 is 81.0 Å². The number of hydrogen-bond acceptors (Lipinski definition) is 16. The molecule has 2 bridgehead atoms. The molecule has 2 aliphatic heterocycles. The quantitative estimate of drug-likeness (QED) is 0.117. The lowest BCUT2D eigenvalue weighted by Crippen LogP contribution is -2.60. The predicted octanol–water partition coefficient (Wildman–Crippen LogP) is 1.17. The molecule has 6 rings (SSSR count). The van der Waals surface area contributed by atoms with E-state index < -0.39 is 155 Å². The number of cyclic esters (lactones) is 2. The lowest BCUT2D eigenvalue weighted by Gasteiger charge is -2.37. The van der Waals surface area contributed by atoms with Crippen LogP contribution in [0.4, 0.5) is 0 Å². The molecule has 2 aromatic heterocycles. The Bertz CT molecular complexity index is 2840. The summed E-state index contributed by atoms with van der Waals surface area (Å²) in [6.07, 6.45) is 2.48. The molecule has 416 valence electrons. The number of benzene rings is 2. The van der Waals surface area contributed by atoms with Gasteiger partial charge in [0.15, 0.2) is 11.4 Å². The monoisotopic (exact) mass is 1080 g/mol. The zero-order valence-corrected chi connectivity index (χ0v) is 45.0. The molecule has 0 unspecified atom stereocenters. The highest BCUT2D eigenvalue weighted by Crippen LogP contribution is 2.25. The van der Waals surface area contributed by atoms with Crippen molar-refractivity contribution in [3.8, 4) is 11.5 Å². The first kappa shape index (κ1) is 58.6. The third kappa shape index (κ3) is 13.1. The number of carbonyl (C=O) groups is 10. The molecule has 4 aromatic rings. The maximum absolute atomic E-state index is 14.8. The van der Waals surface area contributed by atoms with E-state index in [4.69, 9.17) is 9.47 Å². The van der Waals surface area contributed by atoms with Crippen molar-refractivity contribution < 1.29 is 67.6 Å². The molecule has 4 heterocycles.